The van der Waals surface area contributed by atoms with E-state index in [0.29, 0.717) is 11.1 Å². The third-order valence-electron chi connectivity index (χ3n) is 3.94. The first-order chi connectivity index (χ1) is 8.29. The minimum atomic E-state index is 0.0463. The zero-order valence-electron chi connectivity index (χ0n) is 9.78. The predicted octanol–water partition coefficient (Wildman–Crippen LogP) is 3.73. The molecular weight excluding hydrogens is 212 g/mol. The maximum atomic E-state index is 12.3. The van der Waals surface area contributed by atoms with Crippen LogP contribution in [-0.2, 0) is 0 Å². The Balaban J connectivity index is 2.01. The molecule has 0 bridgehead atoms. The van der Waals surface area contributed by atoms with Crippen LogP contribution in [0.3, 0.4) is 0 Å². The Kier molecular flexibility index (Phi) is 2.50. The Morgan fingerprint density at radius 2 is 1.65 bits per heavy atom. The molecule has 0 aliphatic heterocycles. The molecule has 2 heteroatoms. The average molecular weight is 228 g/mol. The third-order valence-corrected chi connectivity index (χ3v) is 3.94. The van der Waals surface area contributed by atoms with Crippen molar-refractivity contribution in [3.63, 3.8) is 0 Å². The van der Waals surface area contributed by atoms with Crippen LogP contribution in [0.5, 0.6) is 0 Å². The minimum absolute atomic E-state index is 0.0463. The highest BCUT2D eigenvalue weighted by Crippen LogP contribution is 2.40. The second kappa shape index (κ2) is 4.02. The van der Waals surface area contributed by atoms with E-state index in [-0.39, 0.29) is 17.5 Å². The van der Waals surface area contributed by atoms with Crippen LogP contribution >= 0.6 is 0 Å². The Hall–Kier alpha value is -1.57. The lowest BCUT2D eigenvalue weighted by Gasteiger charge is -2.22. The summed E-state index contributed by atoms with van der Waals surface area (Å²) in [5.41, 5.74) is 2.06. The van der Waals surface area contributed by atoms with E-state index in [0.717, 1.165) is 18.4 Å². The van der Waals surface area contributed by atoms with Crippen molar-refractivity contribution in [3.05, 3.63) is 41.0 Å². The van der Waals surface area contributed by atoms with Gasteiger partial charge in [-0.25, -0.2) is 0 Å². The molecule has 1 saturated carbocycles. The summed E-state index contributed by atoms with van der Waals surface area (Å²) in [5.74, 6) is 0.547. The molecule has 0 aromatic heterocycles. The number of Topliss-reactive ketones (excluding diaryl/α,β-unsaturated/α-hetero) is 1. The first-order valence-corrected chi connectivity index (χ1v) is 6.36. The van der Waals surface area contributed by atoms with Gasteiger partial charge in [0.25, 0.3) is 0 Å². The number of allylic oxidation sites excluding steroid dienone is 1. The number of carbonyl (C=O) groups is 1. The van der Waals surface area contributed by atoms with E-state index in [1.54, 1.807) is 0 Å². The Morgan fingerprint density at radius 3 is 2.29 bits per heavy atom. The molecule has 2 aliphatic carbocycles. The van der Waals surface area contributed by atoms with E-state index in [4.69, 9.17) is 0 Å². The fraction of sp³-hybridized carbons (Fsp3) is 0.400. The van der Waals surface area contributed by atoms with Crippen molar-refractivity contribution in [2.75, 3.05) is 0 Å². The van der Waals surface area contributed by atoms with Crippen molar-refractivity contribution in [2.45, 2.75) is 32.1 Å². The molecule has 0 saturated heterocycles. The zero-order chi connectivity index (χ0) is 11.8. The highest BCUT2D eigenvalue weighted by molar-refractivity contribution is 6.19. The number of fused-ring (bicyclic) bond motifs is 1. The number of rotatable bonds is 1. The third kappa shape index (κ3) is 1.59. The molecule has 0 radical (unpaired) electrons. The molecule has 1 aromatic carbocycles. The van der Waals surface area contributed by atoms with Gasteiger partial charge in [0.2, 0.25) is 0 Å². The van der Waals surface area contributed by atoms with Crippen LogP contribution in [0.2, 0.25) is 0 Å². The molecule has 0 unspecified atom stereocenters. The molecule has 1 aromatic rings. The van der Waals surface area contributed by atoms with Gasteiger partial charge in [0.1, 0.15) is 5.76 Å². The van der Waals surface area contributed by atoms with E-state index in [2.05, 4.69) is 0 Å². The Morgan fingerprint density at radius 1 is 1.00 bits per heavy atom. The predicted molar refractivity (Wildman–Crippen MR) is 66.9 cm³/mol. The molecule has 0 spiro atoms. The zero-order valence-corrected chi connectivity index (χ0v) is 9.78. The van der Waals surface area contributed by atoms with E-state index in [9.17, 15) is 9.90 Å². The largest absolute Gasteiger partial charge is 0.507 e. The molecule has 3 rings (SSSR count). The highest BCUT2D eigenvalue weighted by atomic mass is 16.3. The molecule has 2 aliphatic rings. The quantitative estimate of drug-likeness (QED) is 0.795. The fourth-order valence-electron chi connectivity index (χ4n) is 3.06. The van der Waals surface area contributed by atoms with Gasteiger partial charge >= 0.3 is 0 Å². The first-order valence-electron chi connectivity index (χ1n) is 6.36. The van der Waals surface area contributed by atoms with Crippen LogP contribution in [0.1, 0.15) is 48.0 Å². The van der Waals surface area contributed by atoms with Gasteiger partial charge in [-0.2, -0.15) is 0 Å². The first kappa shape index (κ1) is 10.6. The van der Waals surface area contributed by atoms with Gasteiger partial charge in [-0.1, -0.05) is 43.5 Å². The van der Waals surface area contributed by atoms with Gasteiger partial charge in [0.05, 0.1) is 0 Å². The van der Waals surface area contributed by atoms with Gasteiger partial charge in [0, 0.05) is 16.7 Å². The minimum Gasteiger partial charge on any atom is -0.507 e. The summed E-state index contributed by atoms with van der Waals surface area (Å²) in [6.07, 6.45) is 5.68. The normalized spacial score (nSPS) is 20.8. The lowest BCUT2D eigenvalue weighted by Crippen LogP contribution is -2.14. The number of aliphatic hydroxyl groups excluding tert-OH is 1. The van der Waals surface area contributed by atoms with Crippen molar-refractivity contribution < 1.29 is 9.90 Å². The van der Waals surface area contributed by atoms with Crippen LogP contribution in [0.15, 0.2) is 29.8 Å². The van der Waals surface area contributed by atoms with Crippen LogP contribution in [0.4, 0.5) is 0 Å². The van der Waals surface area contributed by atoms with Crippen molar-refractivity contribution in [3.8, 4) is 0 Å². The second-order valence-electron chi connectivity index (χ2n) is 4.97. The number of hydrogen-bond acceptors (Lipinski definition) is 2. The summed E-state index contributed by atoms with van der Waals surface area (Å²) in [6, 6.07) is 7.36. The van der Waals surface area contributed by atoms with Gasteiger partial charge in [0.15, 0.2) is 5.78 Å². The summed E-state index contributed by atoms with van der Waals surface area (Å²) in [4.78, 5) is 12.3. The van der Waals surface area contributed by atoms with Crippen molar-refractivity contribution in [1.82, 2.24) is 0 Å². The van der Waals surface area contributed by atoms with Crippen LogP contribution in [-0.4, -0.2) is 10.9 Å². The molecule has 0 atom stereocenters. The molecule has 88 valence electrons. The van der Waals surface area contributed by atoms with Gasteiger partial charge in [-0.15, -0.1) is 0 Å². The summed E-state index contributed by atoms with van der Waals surface area (Å²) in [7, 11) is 0. The average Bonchev–Trinajstić information content (AvgIpc) is 2.64. The monoisotopic (exact) mass is 228 g/mol. The number of carbonyl (C=O) groups excluding carboxylic acids is 1. The Bertz CT molecular complexity index is 493. The smallest absolute Gasteiger partial charge is 0.193 e. The lowest BCUT2D eigenvalue weighted by molar-refractivity contribution is 0.102. The maximum absolute atomic E-state index is 12.3. The van der Waals surface area contributed by atoms with Crippen molar-refractivity contribution >= 4 is 11.5 Å². The van der Waals surface area contributed by atoms with Gasteiger partial charge in [-0.05, 0) is 18.8 Å². The van der Waals surface area contributed by atoms with Gasteiger partial charge in [-0.3, -0.25) is 4.79 Å². The number of hydrogen-bond donors (Lipinski definition) is 1. The maximum Gasteiger partial charge on any atom is 0.193 e. The van der Waals surface area contributed by atoms with Crippen molar-refractivity contribution in [1.29, 1.82) is 0 Å². The number of aliphatic hydroxyl groups is 1. The molecule has 0 heterocycles. The number of benzene rings is 1. The number of ketones is 1. The molecule has 1 fully saturated rings. The van der Waals surface area contributed by atoms with E-state index in [1.165, 1.54) is 19.3 Å². The summed E-state index contributed by atoms with van der Waals surface area (Å²) >= 11 is 0. The molecule has 2 nitrogen and oxygen atoms in total. The van der Waals surface area contributed by atoms with E-state index >= 15 is 0 Å². The SMILES string of the molecule is O=C1C(C2CCCCC2)=C(O)c2ccccc21. The lowest BCUT2D eigenvalue weighted by atomic mass is 9.82. The summed E-state index contributed by atoms with van der Waals surface area (Å²) in [6.45, 7) is 0. The van der Waals surface area contributed by atoms with E-state index < -0.39 is 0 Å². The topological polar surface area (TPSA) is 37.3 Å². The van der Waals surface area contributed by atoms with E-state index in [1.807, 2.05) is 24.3 Å². The van der Waals surface area contributed by atoms with Crippen LogP contribution < -0.4 is 0 Å². The summed E-state index contributed by atoms with van der Waals surface area (Å²) < 4.78 is 0. The molecule has 1 N–H and O–H groups in total. The molecule has 0 amide bonds. The van der Waals surface area contributed by atoms with Gasteiger partial charge < -0.3 is 5.11 Å². The summed E-state index contributed by atoms with van der Waals surface area (Å²) in [5, 5.41) is 10.2. The van der Waals surface area contributed by atoms with Crippen LogP contribution in [0, 0.1) is 5.92 Å². The molecule has 17 heavy (non-hydrogen) atoms. The molecular formula is C15H16O2. The van der Waals surface area contributed by atoms with Crippen molar-refractivity contribution in [2.24, 2.45) is 5.92 Å². The second-order valence-corrected chi connectivity index (χ2v) is 4.97. The standard InChI is InChI=1S/C15H16O2/c16-14-11-8-4-5-9-12(11)15(17)13(14)10-6-2-1-3-7-10/h4-5,8-10,16H,1-3,6-7H2. The van der Waals surface area contributed by atoms with Crippen LogP contribution in [0.25, 0.3) is 5.76 Å². The Labute approximate surface area is 101 Å². The highest BCUT2D eigenvalue weighted by Gasteiger charge is 2.34. The fourth-order valence-corrected chi connectivity index (χ4v) is 3.06.